The number of rotatable bonds is 7. The summed E-state index contributed by atoms with van der Waals surface area (Å²) in [6, 6.07) is 13.3. The van der Waals surface area contributed by atoms with Crippen LogP contribution >= 0.6 is 23.4 Å². The van der Waals surface area contributed by atoms with Crippen LogP contribution in [0.25, 0.3) is 0 Å². The molecule has 7 heteroatoms. The zero-order valence-electron chi connectivity index (χ0n) is 13.1. The van der Waals surface area contributed by atoms with Crippen molar-refractivity contribution in [3.63, 3.8) is 0 Å². The molecule has 0 fully saturated rings. The van der Waals surface area contributed by atoms with Gasteiger partial charge in [0.25, 0.3) is 0 Å². The second kappa shape index (κ2) is 8.55. The summed E-state index contributed by atoms with van der Waals surface area (Å²) >= 11 is 7.50. The standard InChI is InChI=1S/C17H17ClO4S2/c1-23-13-8-9-16(18)15(12-13)17(19)22-10-5-11-24(20,21)14-6-3-2-4-7-14/h2-4,6-9,12H,5,10-11H2,1H3. The lowest BCUT2D eigenvalue weighted by atomic mass is 10.2. The van der Waals surface area contributed by atoms with Gasteiger partial charge in [0.1, 0.15) is 0 Å². The molecule has 128 valence electrons. The number of halogens is 1. The van der Waals surface area contributed by atoms with Gasteiger partial charge in [-0.1, -0.05) is 29.8 Å². The largest absolute Gasteiger partial charge is 0.462 e. The molecule has 4 nitrogen and oxygen atoms in total. The number of hydrogen-bond acceptors (Lipinski definition) is 5. The fraction of sp³-hybridized carbons (Fsp3) is 0.235. The van der Waals surface area contributed by atoms with Gasteiger partial charge < -0.3 is 4.74 Å². The Morgan fingerprint density at radius 1 is 1.17 bits per heavy atom. The fourth-order valence-corrected chi connectivity index (χ4v) is 3.96. The molecule has 2 aromatic rings. The Morgan fingerprint density at radius 3 is 2.54 bits per heavy atom. The van der Waals surface area contributed by atoms with Crippen LogP contribution in [0, 0.1) is 0 Å². The van der Waals surface area contributed by atoms with Gasteiger partial charge in [0.15, 0.2) is 9.84 Å². The summed E-state index contributed by atoms with van der Waals surface area (Å²) < 4.78 is 29.4. The van der Waals surface area contributed by atoms with Crippen molar-refractivity contribution in [2.24, 2.45) is 0 Å². The molecule has 0 N–H and O–H groups in total. The third-order valence-electron chi connectivity index (χ3n) is 3.29. The maximum atomic E-state index is 12.1. The molecule has 0 radical (unpaired) electrons. The number of carbonyl (C=O) groups excluding carboxylic acids is 1. The monoisotopic (exact) mass is 384 g/mol. The molecule has 0 saturated heterocycles. The van der Waals surface area contributed by atoms with Crippen LogP contribution in [0.5, 0.6) is 0 Å². The molecule has 0 aliphatic heterocycles. The summed E-state index contributed by atoms with van der Waals surface area (Å²) in [5.41, 5.74) is 0.287. The highest BCUT2D eigenvalue weighted by atomic mass is 35.5. The van der Waals surface area contributed by atoms with E-state index < -0.39 is 15.8 Å². The smallest absolute Gasteiger partial charge is 0.339 e. The first-order chi connectivity index (χ1) is 11.4. The zero-order valence-corrected chi connectivity index (χ0v) is 15.5. The minimum absolute atomic E-state index is 0.0186. The molecule has 0 bridgehead atoms. The molecule has 0 atom stereocenters. The zero-order chi connectivity index (χ0) is 17.6. The molecule has 0 unspecified atom stereocenters. The number of benzene rings is 2. The summed E-state index contributed by atoms with van der Waals surface area (Å²) in [6.07, 6.45) is 2.12. The molecule has 0 aliphatic carbocycles. The van der Waals surface area contributed by atoms with Crippen molar-refractivity contribution in [2.45, 2.75) is 16.2 Å². The lowest BCUT2D eigenvalue weighted by molar-refractivity contribution is 0.0505. The van der Waals surface area contributed by atoms with E-state index in [9.17, 15) is 13.2 Å². The predicted molar refractivity (Wildman–Crippen MR) is 96.6 cm³/mol. The van der Waals surface area contributed by atoms with Crippen LogP contribution in [0.2, 0.25) is 5.02 Å². The fourth-order valence-electron chi connectivity index (χ4n) is 2.03. The number of hydrogen-bond donors (Lipinski definition) is 0. The van der Waals surface area contributed by atoms with Crippen LogP contribution in [-0.4, -0.2) is 33.0 Å². The normalized spacial score (nSPS) is 11.2. The predicted octanol–water partition coefficient (Wildman–Crippen LogP) is 4.08. The SMILES string of the molecule is CSc1ccc(Cl)c(C(=O)OCCCS(=O)(=O)c2ccccc2)c1. The Hall–Kier alpha value is -1.50. The molecular formula is C17H17ClO4S2. The first-order valence-electron chi connectivity index (χ1n) is 7.22. The maximum Gasteiger partial charge on any atom is 0.339 e. The topological polar surface area (TPSA) is 60.4 Å². The van der Waals surface area contributed by atoms with Crippen LogP contribution in [0.4, 0.5) is 0 Å². The second-order valence-electron chi connectivity index (χ2n) is 4.97. The highest BCUT2D eigenvalue weighted by molar-refractivity contribution is 7.98. The third-order valence-corrected chi connectivity index (χ3v) is 6.16. The van der Waals surface area contributed by atoms with Gasteiger partial charge in [-0.05, 0) is 43.0 Å². The molecule has 0 spiro atoms. The molecule has 0 amide bonds. The number of carbonyl (C=O) groups is 1. The van der Waals surface area contributed by atoms with Gasteiger partial charge in [-0.25, -0.2) is 13.2 Å². The summed E-state index contributed by atoms with van der Waals surface area (Å²) in [4.78, 5) is 13.2. The number of ether oxygens (including phenoxy) is 1. The van der Waals surface area contributed by atoms with Gasteiger partial charge in [0.2, 0.25) is 0 Å². The summed E-state index contributed by atoms with van der Waals surface area (Å²) in [5, 5.41) is 0.315. The highest BCUT2D eigenvalue weighted by Gasteiger charge is 2.16. The molecule has 0 heterocycles. The van der Waals surface area contributed by atoms with Crippen molar-refractivity contribution in [3.8, 4) is 0 Å². The van der Waals surface area contributed by atoms with E-state index in [1.807, 2.05) is 12.3 Å². The van der Waals surface area contributed by atoms with E-state index in [2.05, 4.69) is 0 Å². The average Bonchev–Trinajstić information content (AvgIpc) is 2.60. The quantitative estimate of drug-likeness (QED) is 0.409. The van der Waals surface area contributed by atoms with Crippen LogP contribution in [0.3, 0.4) is 0 Å². The maximum absolute atomic E-state index is 12.1. The highest BCUT2D eigenvalue weighted by Crippen LogP contribution is 2.23. The van der Waals surface area contributed by atoms with Crippen LogP contribution in [0.1, 0.15) is 16.8 Å². The Labute approximate surface area is 151 Å². The Balaban J connectivity index is 1.90. The van der Waals surface area contributed by atoms with Crippen molar-refractivity contribution in [1.82, 2.24) is 0 Å². The Kier molecular flexibility index (Phi) is 6.71. The number of esters is 1. The van der Waals surface area contributed by atoms with Gasteiger partial charge in [0, 0.05) is 4.90 Å². The van der Waals surface area contributed by atoms with Gasteiger partial charge >= 0.3 is 5.97 Å². The van der Waals surface area contributed by atoms with Crippen LogP contribution in [0.15, 0.2) is 58.3 Å². The van der Waals surface area contributed by atoms with E-state index in [0.29, 0.717) is 5.02 Å². The van der Waals surface area contributed by atoms with Crippen molar-refractivity contribution in [2.75, 3.05) is 18.6 Å². The van der Waals surface area contributed by atoms with Crippen LogP contribution in [-0.2, 0) is 14.6 Å². The van der Waals surface area contributed by atoms with Crippen molar-refractivity contribution >= 4 is 39.2 Å². The van der Waals surface area contributed by atoms with E-state index in [1.54, 1.807) is 42.5 Å². The molecule has 0 aliphatic rings. The Morgan fingerprint density at radius 2 is 1.88 bits per heavy atom. The summed E-state index contributed by atoms with van der Waals surface area (Å²) in [6.45, 7) is 0.0186. The van der Waals surface area contributed by atoms with Crippen molar-refractivity contribution in [1.29, 1.82) is 0 Å². The molecule has 0 saturated carbocycles. The van der Waals surface area contributed by atoms with E-state index >= 15 is 0 Å². The molecular weight excluding hydrogens is 368 g/mol. The van der Waals surface area contributed by atoms with Gasteiger partial charge in [-0.2, -0.15) is 0 Å². The van der Waals surface area contributed by atoms with Crippen molar-refractivity contribution in [3.05, 3.63) is 59.1 Å². The van der Waals surface area contributed by atoms with E-state index in [1.165, 1.54) is 11.8 Å². The van der Waals surface area contributed by atoms with Gasteiger partial charge in [-0.3, -0.25) is 0 Å². The average molecular weight is 385 g/mol. The minimum atomic E-state index is -3.36. The molecule has 2 rings (SSSR count). The molecule has 0 aromatic heterocycles. The minimum Gasteiger partial charge on any atom is -0.462 e. The first kappa shape index (κ1) is 18.8. The summed E-state index contributed by atoms with van der Waals surface area (Å²) in [7, 11) is -3.36. The third kappa shape index (κ3) is 5.00. The van der Waals surface area contributed by atoms with E-state index in [0.717, 1.165) is 4.90 Å². The lowest BCUT2D eigenvalue weighted by Gasteiger charge is -2.08. The number of sulfone groups is 1. The van der Waals surface area contributed by atoms with Gasteiger partial charge in [0.05, 0.1) is 27.8 Å². The van der Waals surface area contributed by atoms with E-state index in [4.69, 9.17) is 16.3 Å². The first-order valence-corrected chi connectivity index (χ1v) is 10.5. The lowest BCUT2D eigenvalue weighted by Crippen LogP contribution is -2.12. The summed E-state index contributed by atoms with van der Waals surface area (Å²) in [5.74, 6) is -0.629. The van der Waals surface area contributed by atoms with E-state index in [-0.39, 0.29) is 29.2 Å². The second-order valence-corrected chi connectivity index (χ2v) is 8.36. The molecule has 24 heavy (non-hydrogen) atoms. The van der Waals surface area contributed by atoms with Gasteiger partial charge in [-0.15, -0.1) is 11.8 Å². The van der Waals surface area contributed by atoms with Crippen LogP contribution < -0.4 is 0 Å². The van der Waals surface area contributed by atoms with Crippen molar-refractivity contribution < 1.29 is 17.9 Å². The molecule has 2 aromatic carbocycles. The Bertz CT molecular complexity index is 805. The number of thioether (sulfide) groups is 1.